The maximum atomic E-state index is 13.3. The highest BCUT2D eigenvalue weighted by Crippen LogP contribution is 2.38. The molecule has 2 fully saturated rings. The quantitative estimate of drug-likeness (QED) is 0.579. The third-order valence-electron chi connectivity index (χ3n) is 6.28. The van der Waals surface area contributed by atoms with Crippen molar-refractivity contribution in [2.75, 3.05) is 19.7 Å². The maximum absolute atomic E-state index is 13.3. The Labute approximate surface area is 193 Å². The van der Waals surface area contributed by atoms with Crippen LogP contribution >= 0.6 is 0 Å². The van der Waals surface area contributed by atoms with E-state index in [1.165, 1.54) is 0 Å². The first-order valence-electron chi connectivity index (χ1n) is 11.3. The smallest absolute Gasteiger partial charge is 0.259 e. The number of aryl methyl sites for hydroxylation is 1. The number of hydrogen-bond acceptors (Lipinski definition) is 6. The molecule has 0 N–H and O–H groups in total. The molecular weight excluding hydrogens is 418 g/mol. The van der Waals surface area contributed by atoms with E-state index in [2.05, 4.69) is 9.97 Å². The Kier molecular flexibility index (Phi) is 5.96. The molecule has 3 aromatic rings. The van der Waals surface area contributed by atoms with E-state index in [1.54, 1.807) is 24.5 Å². The molecule has 0 aliphatic carbocycles. The fourth-order valence-electron chi connectivity index (χ4n) is 4.47. The topological polar surface area (TPSA) is 73.8 Å². The summed E-state index contributed by atoms with van der Waals surface area (Å²) in [5.41, 5.74) is 1.12. The van der Waals surface area contributed by atoms with Crippen LogP contribution in [-0.2, 0) is 4.74 Å². The molecule has 33 heavy (non-hydrogen) atoms. The molecule has 2 aromatic heterocycles. The molecule has 5 rings (SSSR count). The first kappa shape index (κ1) is 21.4. The summed E-state index contributed by atoms with van der Waals surface area (Å²) in [6, 6.07) is 17.0. The molecule has 1 spiro atoms. The van der Waals surface area contributed by atoms with Crippen LogP contribution in [0.3, 0.4) is 0 Å². The van der Waals surface area contributed by atoms with Crippen LogP contribution < -0.4 is 9.47 Å². The second kappa shape index (κ2) is 9.19. The number of hydrogen-bond donors (Lipinski definition) is 0. The van der Waals surface area contributed by atoms with E-state index in [1.807, 2.05) is 54.3 Å². The number of carbonyl (C=O) groups is 1. The molecule has 0 saturated carbocycles. The van der Waals surface area contributed by atoms with Gasteiger partial charge in [-0.25, -0.2) is 4.98 Å². The minimum absolute atomic E-state index is 0.0381. The maximum Gasteiger partial charge on any atom is 0.259 e. The first-order chi connectivity index (χ1) is 16.1. The summed E-state index contributed by atoms with van der Waals surface area (Å²) in [6.07, 6.45) is 5.70. The molecule has 0 bridgehead atoms. The lowest BCUT2D eigenvalue weighted by atomic mass is 9.87. The van der Waals surface area contributed by atoms with Crippen LogP contribution in [0.2, 0.25) is 0 Å². The van der Waals surface area contributed by atoms with Crippen LogP contribution in [0.4, 0.5) is 0 Å². The number of ether oxygens (including phenoxy) is 3. The van der Waals surface area contributed by atoms with Crippen molar-refractivity contribution in [3.63, 3.8) is 0 Å². The number of carbonyl (C=O) groups excluding carboxylic acids is 1. The van der Waals surface area contributed by atoms with Gasteiger partial charge in [-0.2, -0.15) is 0 Å². The normalized spacial score (nSPS) is 19.4. The fourth-order valence-corrected chi connectivity index (χ4v) is 4.47. The zero-order chi connectivity index (χ0) is 22.7. The van der Waals surface area contributed by atoms with E-state index in [0.29, 0.717) is 36.9 Å². The van der Waals surface area contributed by atoms with E-state index < -0.39 is 0 Å². The largest absolute Gasteiger partial charge is 0.488 e. The van der Waals surface area contributed by atoms with Gasteiger partial charge in [0.2, 0.25) is 5.88 Å². The molecule has 2 aliphatic heterocycles. The highest BCUT2D eigenvalue weighted by atomic mass is 16.6. The van der Waals surface area contributed by atoms with Gasteiger partial charge in [0, 0.05) is 31.4 Å². The van der Waals surface area contributed by atoms with Crippen molar-refractivity contribution in [1.82, 2.24) is 14.9 Å². The van der Waals surface area contributed by atoms with Crippen molar-refractivity contribution in [3.8, 4) is 17.4 Å². The highest BCUT2D eigenvalue weighted by Gasteiger charge is 2.44. The van der Waals surface area contributed by atoms with Gasteiger partial charge in [0.1, 0.15) is 23.2 Å². The van der Waals surface area contributed by atoms with Crippen LogP contribution in [-0.4, -0.2) is 52.2 Å². The molecule has 0 unspecified atom stereocenters. The van der Waals surface area contributed by atoms with Gasteiger partial charge in [0.25, 0.3) is 5.91 Å². The predicted molar refractivity (Wildman–Crippen MR) is 123 cm³/mol. The van der Waals surface area contributed by atoms with E-state index in [4.69, 9.17) is 14.2 Å². The number of amides is 1. The van der Waals surface area contributed by atoms with Crippen molar-refractivity contribution in [3.05, 3.63) is 78.2 Å². The second-order valence-corrected chi connectivity index (χ2v) is 8.64. The lowest BCUT2D eigenvalue weighted by Gasteiger charge is -2.38. The van der Waals surface area contributed by atoms with Crippen molar-refractivity contribution < 1.29 is 19.0 Å². The summed E-state index contributed by atoms with van der Waals surface area (Å²) in [5, 5.41) is 0. The molecule has 7 heteroatoms. The lowest BCUT2D eigenvalue weighted by molar-refractivity contribution is -0.0396. The van der Waals surface area contributed by atoms with Crippen LogP contribution in [0, 0.1) is 6.92 Å². The minimum atomic E-state index is -0.224. The number of benzene rings is 1. The average molecular weight is 446 g/mol. The zero-order valence-corrected chi connectivity index (χ0v) is 18.6. The van der Waals surface area contributed by atoms with Crippen LogP contribution in [0.15, 0.2) is 67.0 Å². The summed E-state index contributed by atoms with van der Waals surface area (Å²) in [5.74, 6) is 1.63. The molecule has 2 saturated heterocycles. The van der Waals surface area contributed by atoms with Crippen LogP contribution in [0.5, 0.6) is 17.4 Å². The number of nitrogens with zero attached hydrogens (tertiary/aromatic N) is 3. The summed E-state index contributed by atoms with van der Waals surface area (Å²) >= 11 is 0. The highest BCUT2D eigenvalue weighted by molar-refractivity contribution is 5.96. The van der Waals surface area contributed by atoms with Crippen molar-refractivity contribution in [1.29, 1.82) is 0 Å². The number of likely N-dealkylation sites (tertiary alicyclic amines) is 1. The Morgan fingerprint density at radius 2 is 1.85 bits per heavy atom. The Balaban J connectivity index is 1.21. The Morgan fingerprint density at radius 1 is 1.03 bits per heavy atom. The monoisotopic (exact) mass is 445 g/mol. The zero-order valence-electron chi connectivity index (χ0n) is 18.6. The number of rotatable bonds is 5. The molecule has 170 valence electrons. The third-order valence-corrected chi connectivity index (χ3v) is 6.28. The summed E-state index contributed by atoms with van der Waals surface area (Å²) < 4.78 is 18.2. The second-order valence-electron chi connectivity index (χ2n) is 8.64. The van der Waals surface area contributed by atoms with Gasteiger partial charge < -0.3 is 19.1 Å². The van der Waals surface area contributed by atoms with E-state index in [0.717, 1.165) is 30.7 Å². The van der Waals surface area contributed by atoms with Gasteiger partial charge in [-0.15, -0.1) is 0 Å². The van der Waals surface area contributed by atoms with E-state index in [9.17, 15) is 4.79 Å². The summed E-state index contributed by atoms with van der Waals surface area (Å²) in [6.45, 7) is 3.73. The molecule has 1 atom stereocenters. The van der Waals surface area contributed by atoms with Gasteiger partial charge in [0.15, 0.2) is 0 Å². The van der Waals surface area contributed by atoms with Gasteiger partial charge in [-0.1, -0.05) is 18.2 Å². The fraction of sp³-hybridized carbons (Fsp3) is 0.346. The Bertz CT molecular complexity index is 1100. The molecule has 4 heterocycles. The molecular formula is C26H27N3O4. The SMILES string of the molecule is Cc1ccc(Oc2ncccc2C(=O)N2CCC3(CC2)C[C@@H](Oc2ccccc2)CO3)cn1. The Morgan fingerprint density at radius 3 is 2.61 bits per heavy atom. The van der Waals surface area contributed by atoms with Crippen molar-refractivity contribution >= 4 is 5.91 Å². The summed E-state index contributed by atoms with van der Waals surface area (Å²) in [4.78, 5) is 23.7. The van der Waals surface area contributed by atoms with Gasteiger partial charge in [-0.05, 0) is 56.2 Å². The van der Waals surface area contributed by atoms with E-state index >= 15 is 0 Å². The molecule has 1 aromatic carbocycles. The number of piperidine rings is 1. The van der Waals surface area contributed by atoms with E-state index in [-0.39, 0.29) is 17.6 Å². The predicted octanol–water partition coefficient (Wildman–Crippen LogP) is 4.42. The Hall–Kier alpha value is -3.45. The number of para-hydroxylation sites is 1. The van der Waals surface area contributed by atoms with Gasteiger partial charge in [-0.3, -0.25) is 9.78 Å². The number of pyridine rings is 2. The van der Waals surface area contributed by atoms with Crippen LogP contribution in [0.1, 0.15) is 35.3 Å². The minimum Gasteiger partial charge on any atom is -0.488 e. The van der Waals surface area contributed by atoms with Crippen molar-refractivity contribution in [2.45, 2.75) is 37.9 Å². The molecule has 0 radical (unpaired) electrons. The lowest BCUT2D eigenvalue weighted by Crippen LogP contribution is -2.46. The van der Waals surface area contributed by atoms with Crippen LogP contribution in [0.25, 0.3) is 0 Å². The standard InChI is InChI=1S/C26H27N3O4/c1-19-9-10-21(17-28-19)33-24-23(8-5-13-27-24)25(30)29-14-11-26(12-15-29)16-22(18-31-26)32-20-6-3-2-4-7-20/h2-10,13,17,22H,11-12,14-16,18H2,1H3/t22-/m1/s1. The third kappa shape index (κ3) is 4.83. The van der Waals surface area contributed by atoms with Crippen molar-refractivity contribution in [2.24, 2.45) is 0 Å². The summed E-state index contributed by atoms with van der Waals surface area (Å²) in [7, 11) is 0. The number of aromatic nitrogens is 2. The first-order valence-corrected chi connectivity index (χ1v) is 11.3. The molecule has 7 nitrogen and oxygen atoms in total. The molecule has 1 amide bonds. The van der Waals surface area contributed by atoms with Gasteiger partial charge >= 0.3 is 0 Å². The average Bonchev–Trinajstić information content (AvgIpc) is 3.23. The molecule has 2 aliphatic rings. The van der Waals surface area contributed by atoms with Gasteiger partial charge in [0.05, 0.1) is 18.4 Å².